The van der Waals surface area contributed by atoms with Gasteiger partial charge in [-0.25, -0.2) is 19.9 Å². The van der Waals surface area contributed by atoms with E-state index in [1.807, 2.05) is 78.9 Å². The van der Waals surface area contributed by atoms with E-state index in [2.05, 4.69) is 115 Å². The van der Waals surface area contributed by atoms with Crippen molar-refractivity contribution in [2.45, 2.75) is 0 Å². The lowest BCUT2D eigenvalue weighted by Gasteiger charge is -2.12. The van der Waals surface area contributed by atoms with Gasteiger partial charge in [0.1, 0.15) is 11.2 Å². The molecule has 5 nitrogen and oxygen atoms in total. The lowest BCUT2D eigenvalue weighted by Crippen LogP contribution is -2.00. The van der Waals surface area contributed by atoms with Gasteiger partial charge in [0.15, 0.2) is 17.5 Å². The van der Waals surface area contributed by atoms with Crippen molar-refractivity contribution in [3.63, 3.8) is 0 Å². The summed E-state index contributed by atoms with van der Waals surface area (Å²) < 4.78 is 6.48. The Bertz CT molecular complexity index is 2920. The number of rotatable bonds is 7. The molecule has 0 radical (unpaired) electrons. The van der Waals surface area contributed by atoms with Crippen LogP contribution in [0, 0.1) is 0 Å². The molecule has 0 aliphatic carbocycles. The third-order valence-corrected chi connectivity index (χ3v) is 9.92. The first kappa shape index (κ1) is 32.2. The molecule has 7 aromatic carbocycles. The summed E-state index contributed by atoms with van der Waals surface area (Å²) in [6.07, 6.45) is 0. The van der Waals surface area contributed by atoms with Crippen molar-refractivity contribution in [2.75, 3.05) is 0 Å². The normalized spacial score (nSPS) is 11.3. The standard InChI is InChI=1S/C50H32N4O/c1-4-15-33(16-5-1)44-31-40(41-26-14-27-43-42-25-10-11-28-46(42)55-47(41)43)32-45(51-44)38-23-12-21-36(29-38)37-22-13-24-39(30-37)50-53-48(34-17-6-2-7-18-34)52-49(54-50)35-19-8-3-9-20-35/h1-32H. The maximum atomic E-state index is 6.48. The first-order valence-electron chi connectivity index (χ1n) is 18.3. The molecule has 258 valence electrons. The molecule has 3 aromatic heterocycles. The third-order valence-electron chi connectivity index (χ3n) is 9.92. The van der Waals surface area contributed by atoms with Crippen LogP contribution in [-0.4, -0.2) is 19.9 Å². The zero-order chi connectivity index (χ0) is 36.6. The van der Waals surface area contributed by atoms with Crippen molar-refractivity contribution in [1.29, 1.82) is 0 Å². The van der Waals surface area contributed by atoms with Gasteiger partial charge in [-0.1, -0.05) is 164 Å². The number of hydrogen-bond donors (Lipinski definition) is 0. The molecule has 55 heavy (non-hydrogen) atoms. The Balaban J connectivity index is 1.08. The van der Waals surface area contributed by atoms with Gasteiger partial charge in [0.25, 0.3) is 0 Å². The molecule has 0 aliphatic heterocycles. The highest BCUT2D eigenvalue weighted by Gasteiger charge is 2.17. The largest absolute Gasteiger partial charge is 0.455 e. The molecule has 0 bridgehead atoms. The van der Waals surface area contributed by atoms with Gasteiger partial charge < -0.3 is 4.42 Å². The summed E-state index contributed by atoms with van der Waals surface area (Å²) in [5, 5.41) is 2.20. The minimum absolute atomic E-state index is 0.618. The molecule has 0 atom stereocenters. The van der Waals surface area contributed by atoms with E-state index < -0.39 is 0 Å². The number of para-hydroxylation sites is 2. The van der Waals surface area contributed by atoms with Crippen LogP contribution in [-0.2, 0) is 0 Å². The van der Waals surface area contributed by atoms with Crippen molar-refractivity contribution in [1.82, 2.24) is 19.9 Å². The highest BCUT2D eigenvalue weighted by atomic mass is 16.3. The Morgan fingerprint density at radius 2 is 0.745 bits per heavy atom. The summed E-state index contributed by atoms with van der Waals surface area (Å²) in [4.78, 5) is 20.1. The van der Waals surface area contributed by atoms with Gasteiger partial charge in [0.2, 0.25) is 0 Å². The van der Waals surface area contributed by atoms with Crippen LogP contribution in [0.2, 0.25) is 0 Å². The topological polar surface area (TPSA) is 64.7 Å². The summed E-state index contributed by atoms with van der Waals surface area (Å²) in [6.45, 7) is 0. The Morgan fingerprint density at radius 3 is 1.40 bits per heavy atom. The number of nitrogens with zero attached hydrogens (tertiary/aromatic N) is 4. The van der Waals surface area contributed by atoms with Crippen LogP contribution < -0.4 is 0 Å². The third kappa shape index (κ3) is 6.24. The van der Waals surface area contributed by atoms with Gasteiger partial charge in [-0.3, -0.25) is 0 Å². The monoisotopic (exact) mass is 704 g/mol. The molecule has 0 fully saturated rings. The average molecular weight is 705 g/mol. The van der Waals surface area contributed by atoms with Crippen LogP contribution in [0.15, 0.2) is 199 Å². The van der Waals surface area contributed by atoms with Crippen LogP contribution in [0.5, 0.6) is 0 Å². The van der Waals surface area contributed by atoms with Crippen molar-refractivity contribution in [2.24, 2.45) is 0 Å². The lowest BCUT2D eigenvalue weighted by molar-refractivity contribution is 0.670. The summed E-state index contributed by atoms with van der Waals surface area (Å²) in [5.41, 5.74) is 12.5. The van der Waals surface area contributed by atoms with Gasteiger partial charge in [0, 0.05) is 44.2 Å². The molecule has 0 spiro atoms. The van der Waals surface area contributed by atoms with Crippen LogP contribution in [0.1, 0.15) is 0 Å². The van der Waals surface area contributed by atoms with E-state index in [1.54, 1.807) is 0 Å². The molecule has 3 heterocycles. The Labute approximate surface area is 318 Å². The number of aromatic nitrogens is 4. The Kier molecular flexibility index (Phi) is 8.08. The molecule has 0 unspecified atom stereocenters. The number of fused-ring (bicyclic) bond motifs is 3. The van der Waals surface area contributed by atoms with Crippen LogP contribution in [0.4, 0.5) is 0 Å². The molecular weight excluding hydrogens is 673 g/mol. The van der Waals surface area contributed by atoms with Gasteiger partial charge >= 0.3 is 0 Å². The number of hydrogen-bond acceptors (Lipinski definition) is 5. The summed E-state index contributed by atoms with van der Waals surface area (Å²) in [5.74, 6) is 1.89. The molecule has 0 aliphatic rings. The predicted molar refractivity (Wildman–Crippen MR) is 223 cm³/mol. The second-order valence-electron chi connectivity index (χ2n) is 13.5. The van der Waals surface area contributed by atoms with Crippen LogP contribution >= 0.6 is 0 Å². The minimum Gasteiger partial charge on any atom is -0.455 e. The summed E-state index contributed by atoms with van der Waals surface area (Å²) >= 11 is 0. The molecule has 0 N–H and O–H groups in total. The second kappa shape index (κ2) is 13.8. The smallest absolute Gasteiger partial charge is 0.164 e. The number of furan rings is 1. The first-order valence-corrected chi connectivity index (χ1v) is 18.3. The zero-order valence-electron chi connectivity index (χ0n) is 29.7. The quantitative estimate of drug-likeness (QED) is 0.165. The highest BCUT2D eigenvalue weighted by molar-refractivity contribution is 6.09. The van der Waals surface area contributed by atoms with Gasteiger partial charge in [-0.15, -0.1) is 0 Å². The van der Waals surface area contributed by atoms with E-state index in [9.17, 15) is 0 Å². The maximum absolute atomic E-state index is 6.48. The van der Waals surface area contributed by atoms with Crippen molar-refractivity contribution in [3.8, 4) is 78.9 Å². The van der Waals surface area contributed by atoms with E-state index in [4.69, 9.17) is 24.4 Å². The van der Waals surface area contributed by atoms with E-state index in [0.717, 1.165) is 83.4 Å². The minimum atomic E-state index is 0.618. The molecular formula is C50H32N4O. The summed E-state index contributed by atoms with van der Waals surface area (Å²) in [6, 6.07) is 66.3. The molecule has 10 rings (SSSR count). The Morgan fingerprint density at radius 1 is 0.291 bits per heavy atom. The van der Waals surface area contributed by atoms with Gasteiger partial charge in [-0.2, -0.15) is 0 Å². The highest BCUT2D eigenvalue weighted by Crippen LogP contribution is 2.39. The zero-order valence-corrected chi connectivity index (χ0v) is 29.7. The van der Waals surface area contributed by atoms with Gasteiger partial charge in [-0.05, 0) is 47.0 Å². The molecule has 5 heteroatoms. The predicted octanol–water partition coefficient (Wildman–Crippen LogP) is 12.8. The van der Waals surface area contributed by atoms with E-state index in [0.29, 0.717) is 17.5 Å². The fourth-order valence-corrected chi connectivity index (χ4v) is 7.20. The second-order valence-corrected chi connectivity index (χ2v) is 13.5. The van der Waals surface area contributed by atoms with E-state index in [1.165, 1.54) is 0 Å². The van der Waals surface area contributed by atoms with E-state index in [-0.39, 0.29) is 0 Å². The number of benzene rings is 7. The number of pyridine rings is 1. The maximum Gasteiger partial charge on any atom is 0.164 e. The average Bonchev–Trinajstić information content (AvgIpc) is 3.66. The SMILES string of the molecule is c1ccc(-c2cc(-c3cccc4c3oc3ccccc34)cc(-c3cccc(-c4cccc(-c5nc(-c6ccccc6)nc(-c6ccccc6)n5)c4)c3)n2)cc1. The fourth-order valence-electron chi connectivity index (χ4n) is 7.20. The van der Waals surface area contributed by atoms with E-state index >= 15 is 0 Å². The summed E-state index contributed by atoms with van der Waals surface area (Å²) in [7, 11) is 0. The molecule has 0 amide bonds. The Hall–Kier alpha value is -7.50. The van der Waals surface area contributed by atoms with Gasteiger partial charge in [0.05, 0.1) is 11.4 Å². The van der Waals surface area contributed by atoms with Crippen molar-refractivity contribution in [3.05, 3.63) is 194 Å². The molecule has 0 saturated carbocycles. The van der Waals surface area contributed by atoms with Crippen molar-refractivity contribution < 1.29 is 4.42 Å². The fraction of sp³-hybridized carbons (Fsp3) is 0. The first-order chi connectivity index (χ1) is 27.2. The van der Waals surface area contributed by atoms with Crippen LogP contribution in [0.3, 0.4) is 0 Å². The van der Waals surface area contributed by atoms with Crippen molar-refractivity contribution >= 4 is 21.9 Å². The van der Waals surface area contributed by atoms with Crippen LogP contribution in [0.25, 0.3) is 101 Å². The molecule has 10 aromatic rings. The lowest BCUT2D eigenvalue weighted by atomic mass is 9.96. The molecule has 0 saturated heterocycles.